The number of ether oxygens (including phenoxy) is 2. The average Bonchev–Trinajstić information content (AvgIpc) is 2.53. The van der Waals surface area contributed by atoms with Gasteiger partial charge >= 0.3 is 5.97 Å². The first-order chi connectivity index (χ1) is 10.4. The molecule has 0 aromatic heterocycles. The van der Waals surface area contributed by atoms with Crippen LogP contribution in [0.1, 0.15) is 18.1 Å². The molecule has 2 aromatic rings. The van der Waals surface area contributed by atoms with E-state index in [9.17, 15) is 9.90 Å². The number of rotatable bonds is 6. The van der Waals surface area contributed by atoms with Crippen LogP contribution in [0.2, 0.25) is 0 Å². The molecule has 3 N–H and O–H groups in total. The number of benzene rings is 2. The van der Waals surface area contributed by atoms with Gasteiger partial charge < -0.3 is 20.3 Å². The third-order valence-corrected chi connectivity index (χ3v) is 3.42. The Morgan fingerprint density at radius 1 is 1.18 bits per heavy atom. The number of hydrogen-bond donors (Lipinski definition) is 2. The van der Waals surface area contributed by atoms with Gasteiger partial charge in [-0.05, 0) is 42.3 Å². The van der Waals surface area contributed by atoms with Gasteiger partial charge in [-0.2, -0.15) is 0 Å². The van der Waals surface area contributed by atoms with Crippen LogP contribution in [0, 0.1) is 0 Å². The lowest BCUT2D eigenvalue weighted by Crippen LogP contribution is -2.41. The quantitative estimate of drug-likeness (QED) is 0.857. The fourth-order valence-corrected chi connectivity index (χ4v) is 1.96. The van der Waals surface area contributed by atoms with Gasteiger partial charge in [0.1, 0.15) is 23.6 Å². The van der Waals surface area contributed by atoms with Crippen LogP contribution in [0.15, 0.2) is 48.5 Å². The highest BCUT2D eigenvalue weighted by atomic mass is 16.5. The molecule has 0 bridgehead atoms. The van der Waals surface area contributed by atoms with E-state index in [4.69, 9.17) is 15.2 Å². The van der Waals surface area contributed by atoms with Crippen LogP contribution in [-0.4, -0.2) is 18.2 Å². The van der Waals surface area contributed by atoms with Crippen molar-refractivity contribution in [3.05, 3.63) is 59.7 Å². The Bertz CT molecular complexity index is 667. The highest BCUT2D eigenvalue weighted by Gasteiger charge is 2.30. The van der Waals surface area contributed by atoms with E-state index in [1.165, 1.54) is 6.92 Å². The summed E-state index contributed by atoms with van der Waals surface area (Å²) in [5, 5.41) is 9.17. The van der Waals surface area contributed by atoms with Gasteiger partial charge in [0.05, 0.1) is 7.11 Å². The van der Waals surface area contributed by atoms with Crippen molar-refractivity contribution in [2.75, 3.05) is 7.11 Å². The summed E-state index contributed by atoms with van der Waals surface area (Å²) in [6.07, 6.45) is 0. The second kappa shape index (κ2) is 6.49. The van der Waals surface area contributed by atoms with Gasteiger partial charge in [0.25, 0.3) is 0 Å². The summed E-state index contributed by atoms with van der Waals surface area (Å²) >= 11 is 0. The fraction of sp³-hybridized carbons (Fsp3) is 0.235. The van der Waals surface area contributed by atoms with Crippen molar-refractivity contribution in [3.8, 4) is 11.5 Å². The first kappa shape index (κ1) is 15.9. The van der Waals surface area contributed by atoms with E-state index >= 15 is 0 Å². The van der Waals surface area contributed by atoms with Crippen LogP contribution in [0.4, 0.5) is 0 Å². The Hall–Kier alpha value is -2.53. The van der Waals surface area contributed by atoms with Crippen molar-refractivity contribution in [1.29, 1.82) is 0 Å². The molecule has 0 aliphatic carbocycles. The molecular formula is C17H19NO4. The van der Waals surface area contributed by atoms with Crippen LogP contribution in [0.5, 0.6) is 11.5 Å². The number of nitrogens with two attached hydrogens (primary N) is 1. The highest BCUT2D eigenvalue weighted by Crippen LogP contribution is 2.23. The normalized spacial score (nSPS) is 13.2. The molecule has 2 rings (SSSR count). The lowest BCUT2D eigenvalue weighted by molar-refractivity contribution is -0.143. The van der Waals surface area contributed by atoms with E-state index in [2.05, 4.69) is 0 Å². The van der Waals surface area contributed by atoms with Gasteiger partial charge in [-0.15, -0.1) is 0 Å². The lowest BCUT2D eigenvalue weighted by atomic mass is 9.93. The standard InChI is InChI=1S/C17H19NO4/c1-17(18,16(19)20)13-6-4-8-15(10-13)22-11-12-5-3-7-14(9-12)21-2/h3-10H,11,18H2,1-2H3,(H,19,20). The molecule has 0 radical (unpaired) electrons. The summed E-state index contributed by atoms with van der Waals surface area (Å²) in [5.41, 5.74) is 5.82. The van der Waals surface area contributed by atoms with Crippen LogP contribution in [0.3, 0.4) is 0 Å². The molecule has 0 saturated heterocycles. The van der Waals surface area contributed by atoms with E-state index in [1.807, 2.05) is 24.3 Å². The first-order valence-electron chi connectivity index (χ1n) is 6.82. The molecule has 5 heteroatoms. The van der Waals surface area contributed by atoms with Crippen molar-refractivity contribution < 1.29 is 19.4 Å². The third kappa shape index (κ3) is 3.56. The molecule has 116 valence electrons. The summed E-state index contributed by atoms with van der Waals surface area (Å²) < 4.78 is 10.9. The predicted octanol–water partition coefficient (Wildman–Crippen LogP) is 2.53. The zero-order chi connectivity index (χ0) is 16.2. The average molecular weight is 301 g/mol. The number of carbonyl (C=O) groups is 1. The maximum atomic E-state index is 11.2. The van der Waals surface area contributed by atoms with Crippen molar-refractivity contribution in [2.45, 2.75) is 19.1 Å². The Morgan fingerprint density at radius 3 is 2.55 bits per heavy atom. The molecule has 1 atom stereocenters. The second-order valence-corrected chi connectivity index (χ2v) is 5.18. The second-order valence-electron chi connectivity index (χ2n) is 5.18. The Morgan fingerprint density at radius 2 is 1.86 bits per heavy atom. The van der Waals surface area contributed by atoms with Crippen LogP contribution in [-0.2, 0) is 16.9 Å². The molecule has 22 heavy (non-hydrogen) atoms. The summed E-state index contributed by atoms with van der Waals surface area (Å²) in [7, 11) is 1.61. The minimum Gasteiger partial charge on any atom is -0.497 e. The SMILES string of the molecule is COc1cccc(COc2cccc(C(C)(N)C(=O)O)c2)c1. The zero-order valence-corrected chi connectivity index (χ0v) is 12.6. The number of methoxy groups -OCH3 is 1. The molecule has 0 saturated carbocycles. The van der Waals surface area contributed by atoms with Crippen LogP contribution >= 0.6 is 0 Å². The minimum atomic E-state index is -1.45. The van der Waals surface area contributed by atoms with E-state index < -0.39 is 11.5 Å². The molecule has 0 spiro atoms. The van der Waals surface area contributed by atoms with E-state index in [1.54, 1.807) is 31.4 Å². The van der Waals surface area contributed by atoms with Gasteiger partial charge in [-0.3, -0.25) is 0 Å². The molecule has 0 aliphatic rings. The summed E-state index contributed by atoms with van der Waals surface area (Å²) in [6.45, 7) is 1.81. The zero-order valence-electron chi connectivity index (χ0n) is 12.6. The number of carboxylic acid groups (broad SMARTS) is 1. The van der Waals surface area contributed by atoms with Crippen LogP contribution in [0.25, 0.3) is 0 Å². The van der Waals surface area contributed by atoms with Crippen LogP contribution < -0.4 is 15.2 Å². The molecule has 0 heterocycles. The molecule has 1 unspecified atom stereocenters. The number of aliphatic carboxylic acids is 1. The Balaban J connectivity index is 2.12. The van der Waals surface area contributed by atoms with Gasteiger partial charge in [-0.25, -0.2) is 4.79 Å². The monoisotopic (exact) mass is 301 g/mol. The minimum absolute atomic E-state index is 0.356. The summed E-state index contributed by atoms with van der Waals surface area (Å²) in [5.74, 6) is 0.242. The smallest absolute Gasteiger partial charge is 0.328 e. The van der Waals surface area contributed by atoms with Gasteiger partial charge in [0.2, 0.25) is 0 Å². The van der Waals surface area contributed by atoms with Gasteiger partial charge in [-0.1, -0.05) is 24.3 Å². The third-order valence-electron chi connectivity index (χ3n) is 3.42. The van der Waals surface area contributed by atoms with Crippen molar-refractivity contribution in [3.63, 3.8) is 0 Å². The predicted molar refractivity (Wildman–Crippen MR) is 82.9 cm³/mol. The Kier molecular flexibility index (Phi) is 4.68. The fourth-order valence-electron chi connectivity index (χ4n) is 1.96. The summed E-state index contributed by atoms with van der Waals surface area (Å²) in [6, 6.07) is 14.4. The molecule has 0 amide bonds. The maximum Gasteiger partial charge on any atom is 0.328 e. The first-order valence-corrected chi connectivity index (χ1v) is 6.82. The van der Waals surface area contributed by atoms with Gasteiger partial charge in [0.15, 0.2) is 0 Å². The van der Waals surface area contributed by atoms with Crippen molar-refractivity contribution in [1.82, 2.24) is 0 Å². The van der Waals surface area contributed by atoms with Crippen molar-refractivity contribution in [2.24, 2.45) is 5.73 Å². The topological polar surface area (TPSA) is 81.8 Å². The summed E-state index contributed by atoms with van der Waals surface area (Å²) in [4.78, 5) is 11.2. The largest absolute Gasteiger partial charge is 0.497 e. The lowest BCUT2D eigenvalue weighted by Gasteiger charge is -2.20. The molecule has 0 fully saturated rings. The Labute approximate surface area is 129 Å². The number of hydrogen-bond acceptors (Lipinski definition) is 4. The van der Waals surface area contributed by atoms with Gasteiger partial charge in [0, 0.05) is 0 Å². The van der Waals surface area contributed by atoms with E-state index in [0.29, 0.717) is 17.9 Å². The van der Waals surface area contributed by atoms with E-state index in [0.717, 1.165) is 11.3 Å². The molecule has 0 aliphatic heterocycles. The van der Waals surface area contributed by atoms with E-state index in [-0.39, 0.29) is 0 Å². The maximum absolute atomic E-state index is 11.2. The van der Waals surface area contributed by atoms with Crippen molar-refractivity contribution >= 4 is 5.97 Å². The highest BCUT2D eigenvalue weighted by molar-refractivity contribution is 5.80. The number of carboxylic acids is 1. The molecule has 2 aromatic carbocycles. The molecule has 5 nitrogen and oxygen atoms in total. The molecular weight excluding hydrogens is 282 g/mol.